The second kappa shape index (κ2) is 10.9. The molecule has 5 aromatic rings. The summed E-state index contributed by atoms with van der Waals surface area (Å²) in [5.41, 5.74) is 3.36. The van der Waals surface area contributed by atoms with Crippen molar-refractivity contribution in [2.75, 3.05) is 13.7 Å². The minimum atomic E-state index is -0.276. The number of hydrogen-bond acceptors (Lipinski definition) is 6. The Morgan fingerprint density at radius 3 is 2.63 bits per heavy atom. The summed E-state index contributed by atoms with van der Waals surface area (Å²) in [6.07, 6.45) is 2.24. The Kier molecular flexibility index (Phi) is 7.24. The molecule has 192 valence electrons. The number of fused-ring (bicyclic) bond motifs is 1. The van der Waals surface area contributed by atoms with Gasteiger partial charge in [0, 0.05) is 34.8 Å². The lowest BCUT2D eigenvalue weighted by molar-refractivity contribution is -0.121. The number of carbonyl (C=O) groups excluding carboxylic acids is 1. The average molecular weight is 529 g/mol. The van der Waals surface area contributed by atoms with Crippen LogP contribution in [0, 0.1) is 6.92 Å². The highest BCUT2D eigenvalue weighted by Gasteiger charge is 2.19. The number of nitrogens with zero attached hydrogens (tertiary/aromatic N) is 3. The van der Waals surface area contributed by atoms with Gasteiger partial charge >= 0.3 is 0 Å². The molecule has 3 aromatic carbocycles. The molecule has 5 rings (SSSR count). The average Bonchev–Trinajstić information content (AvgIpc) is 3.41. The van der Waals surface area contributed by atoms with Crippen LogP contribution in [0.2, 0.25) is 5.02 Å². The van der Waals surface area contributed by atoms with Crippen LogP contribution in [0.4, 0.5) is 0 Å². The molecule has 1 N–H and O–H groups in total. The lowest BCUT2D eigenvalue weighted by Gasteiger charge is -2.14. The molecule has 0 saturated carbocycles. The highest BCUT2D eigenvalue weighted by molar-refractivity contribution is 6.30. The number of aryl methyl sites for hydroxylation is 1. The number of benzene rings is 3. The van der Waals surface area contributed by atoms with Crippen LogP contribution in [0.25, 0.3) is 33.7 Å². The first-order chi connectivity index (χ1) is 18.4. The fourth-order valence-electron chi connectivity index (χ4n) is 4.25. The van der Waals surface area contributed by atoms with Gasteiger partial charge in [0.05, 0.1) is 12.6 Å². The summed E-state index contributed by atoms with van der Waals surface area (Å²) in [7, 11) is 1.55. The lowest BCUT2D eigenvalue weighted by atomic mass is 10.1. The molecule has 0 aliphatic rings. The molecule has 0 bridgehead atoms. The molecule has 0 aliphatic carbocycles. The number of ether oxygens (including phenoxy) is 1. The number of aromatic nitrogens is 3. The van der Waals surface area contributed by atoms with E-state index in [0.29, 0.717) is 40.5 Å². The molecule has 0 unspecified atom stereocenters. The van der Waals surface area contributed by atoms with Gasteiger partial charge in [-0.05, 0) is 48.7 Å². The van der Waals surface area contributed by atoms with Crippen molar-refractivity contribution in [3.63, 3.8) is 0 Å². The number of pyridine rings is 1. The Morgan fingerprint density at radius 2 is 1.87 bits per heavy atom. The van der Waals surface area contributed by atoms with Crippen LogP contribution in [-0.4, -0.2) is 34.3 Å². The van der Waals surface area contributed by atoms with Gasteiger partial charge in [0.15, 0.2) is 0 Å². The van der Waals surface area contributed by atoms with Gasteiger partial charge in [0.25, 0.3) is 5.89 Å². The fourth-order valence-corrected chi connectivity index (χ4v) is 4.38. The third kappa shape index (κ3) is 5.31. The van der Waals surface area contributed by atoms with Crippen LogP contribution in [0.1, 0.15) is 11.1 Å². The molecule has 0 atom stereocenters. The maximum Gasteiger partial charge on any atom is 0.263 e. The minimum absolute atomic E-state index is 0.0175. The Balaban J connectivity index is 1.45. The van der Waals surface area contributed by atoms with Crippen LogP contribution in [-0.2, 0) is 17.8 Å². The van der Waals surface area contributed by atoms with Crippen LogP contribution >= 0.6 is 11.6 Å². The number of halogens is 1. The van der Waals surface area contributed by atoms with E-state index in [1.165, 1.54) is 0 Å². The van der Waals surface area contributed by atoms with E-state index in [-0.39, 0.29) is 29.3 Å². The molecule has 38 heavy (non-hydrogen) atoms. The zero-order chi connectivity index (χ0) is 26.6. The van der Waals surface area contributed by atoms with Crippen LogP contribution in [0.5, 0.6) is 5.75 Å². The maximum atomic E-state index is 13.4. The summed E-state index contributed by atoms with van der Waals surface area (Å²) < 4.78 is 12.6. The summed E-state index contributed by atoms with van der Waals surface area (Å²) in [5, 5.41) is 8.11. The summed E-state index contributed by atoms with van der Waals surface area (Å²) >= 11 is 5.94. The summed E-state index contributed by atoms with van der Waals surface area (Å²) in [6.45, 7) is 2.39. The molecule has 0 spiro atoms. The second-order valence-corrected chi connectivity index (χ2v) is 9.28. The van der Waals surface area contributed by atoms with Crippen LogP contribution in [0.3, 0.4) is 0 Å². The first kappa shape index (κ1) is 25.2. The topological polar surface area (TPSA) is 99.2 Å². The number of amides is 1. The van der Waals surface area contributed by atoms with Gasteiger partial charge in [-0.2, -0.15) is 4.98 Å². The van der Waals surface area contributed by atoms with E-state index in [2.05, 4.69) is 15.5 Å². The zero-order valence-corrected chi connectivity index (χ0v) is 21.7. The molecule has 0 fully saturated rings. The van der Waals surface area contributed by atoms with Gasteiger partial charge in [-0.25, -0.2) is 0 Å². The van der Waals surface area contributed by atoms with Gasteiger partial charge in [0.1, 0.15) is 17.9 Å². The minimum Gasteiger partial charge on any atom is -0.497 e. The second-order valence-electron chi connectivity index (χ2n) is 8.85. The van der Waals surface area contributed by atoms with Gasteiger partial charge < -0.3 is 19.1 Å². The van der Waals surface area contributed by atoms with Crippen molar-refractivity contribution in [1.82, 2.24) is 20.0 Å². The molecule has 0 aliphatic heterocycles. The Labute approximate surface area is 223 Å². The Hall–Kier alpha value is -4.43. The molecule has 2 heterocycles. The van der Waals surface area contributed by atoms with Crippen LogP contribution in [0.15, 0.2) is 82.2 Å². The highest BCUT2D eigenvalue weighted by Crippen LogP contribution is 2.26. The maximum absolute atomic E-state index is 13.4. The van der Waals surface area contributed by atoms with Crippen molar-refractivity contribution < 1.29 is 14.1 Å². The van der Waals surface area contributed by atoms with Crippen molar-refractivity contribution in [3.8, 4) is 28.6 Å². The fraction of sp³-hybridized carbons (Fsp3) is 0.172. The normalized spacial score (nSPS) is 11.0. The number of carbonyl (C=O) groups is 1. The van der Waals surface area contributed by atoms with Gasteiger partial charge in [-0.1, -0.05) is 53.2 Å². The summed E-state index contributed by atoms with van der Waals surface area (Å²) in [6, 6.07) is 20.3. The summed E-state index contributed by atoms with van der Waals surface area (Å²) in [5.74, 6) is 0.840. The number of nitrogens with one attached hydrogen (secondary N) is 1. The SMILES string of the molecule is COc1ccc2c(=O)c(-c3nc(-c4ccccc4C)no3)cn(CC(=O)NCCc3ccc(Cl)cc3)c2c1. The first-order valence-electron chi connectivity index (χ1n) is 12.1. The molecule has 9 heteroatoms. The van der Waals surface area contributed by atoms with E-state index in [1.54, 1.807) is 36.1 Å². The van der Waals surface area contributed by atoms with E-state index in [0.717, 1.165) is 16.7 Å². The third-order valence-corrected chi connectivity index (χ3v) is 6.55. The third-order valence-electron chi connectivity index (χ3n) is 6.29. The quantitative estimate of drug-likeness (QED) is 0.302. The van der Waals surface area contributed by atoms with Crippen molar-refractivity contribution in [3.05, 3.63) is 99.3 Å². The van der Waals surface area contributed by atoms with Crippen LogP contribution < -0.4 is 15.5 Å². The number of methoxy groups -OCH3 is 1. The van der Waals surface area contributed by atoms with Crippen molar-refractivity contribution in [1.29, 1.82) is 0 Å². The molecule has 1 amide bonds. The molecule has 0 saturated heterocycles. The molecular formula is C29H25ClN4O4. The van der Waals surface area contributed by atoms with Crippen molar-refractivity contribution in [2.24, 2.45) is 0 Å². The van der Waals surface area contributed by atoms with E-state index in [4.69, 9.17) is 20.9 Å². The van der Waals surface area contributed by atoms with E-state index in [1.807, 2.05) is 55.5 Å². The zero-order valence-electron chi connectivity index (χ0n) is 20.9. The first-order valence-corrected chi connectivity index (χ1v) is 12.4. The monoisotopic (exact) mass is 528 g/mol. The number of rotatable bonds is 8. The molecule has 2 aromatic heterocycles. The van der Waals surface area contributed by atoms with Crippen molar-refractivity contribution >= 4 is 28.4 Å². The van der Waals surface area contributed by atoms with E-state index in [9.17, 15) is 9.59 Å². The summed E-state index contributed by atoms with van der Waals surface area (Å²) in [4.78, 5) is 30.8. The molecular weight excluding hydrogens is 504 g/mol. The molecule has 8 nitrogen and oxygen atoms in total. The largest absolute Gasteiger partial charge is 0.497 e. The van der Waals surface area contributed by atoms with Crippen molar-refractivity contribution in [2.45, 2.75) is 19.9 Å². The van der Waals surface area contributed by atoms with Gasteiger partial charge in [-0.15, -0.1) is 0 Å². The highest BCUT2D eigenvalue weighted by atomic mass is 35.5. The van der Waals surface area contributed by atoms with E-state index < -0.39 is 0 Å². The predicted molar refractivity (Wildman–Crippen MR) is 146 cm³/mol. The Morgan fingerprint density at radius 1 is 1.08 bits per heavy atom. The van der Waals surface area contributed by atoms with E-state index >= 15 is 0 Å². The van der Waals surface area contributed by atoms with Gasteiger partial charge in [0.2, 0.25) is 17.2 Å². The number of hydrogen-bond donors (Lipinski definition) is 1. The standard InChI is InChI=1S/C29H25ClN4O4/c1-18-5-3-4-6-22(18)28-32-29(38-33-28)24-16-34(25-15-21(37-2)11-12-23(25)27(24)36)17-26(35)31-14-13-19-7-9-20(30)10-8-19/h3-12,15-16H,13-14,17H2,1-2H3,(H,31,35). The van der Waals surface area contributed by atoms with Gasteiger partial charge in [-0.3, -0.25) is 9.59 Å². The lowest BCUT2D eigenvalue weighted by Crippen LogP contribution is -2.30. The predicted octanol–water partition coefficient (Wildman–Crippen LogP) is 5.05. The Bertz CT molecular complexity index is 1670. The molecule has 0 radical (unpaired) electrons. The smallest absolute Gasteiger partial charge is 0.263 e.